The van der Waals surface area contributed by atoms with Gasteiger partial charge in [0.2, 0.25) is 17.7 Å². The maximum atomic E-state index is 12.9. The van der Waals surface area contributed by atoms with Crippen LogP contribution in [-0.4, -0.2) is 47.7 Å². The molecule has 1 aliphatic heterocycles. The van der Waals surface area contributed by atoms with Gasteiger partial charge in [-0.15, -0.1) is 0 Å². The van der Waals surface area contributed by atoms with Crippen molar-refractivity contribution in [3.05, 3.63) is 63.7 Å². The lowest BCUT2D eigenvalue weighted by Gasteiger charge is -2.22. The normalized spacial score (nSPS) is 15.8. The highest BCUT2D eigenvalue weighted by atomic mass is 35.5. The Hall–Kier alpha value is -2.86. The Balaban J connectivity index is 1.58. The summed E-state index contributed by atoms with van der Waals surface area (Å²) in [6, 6.07) is 11.4. The van der Waals surface area contributed by atoms with Gasteiger partial charge in [0.15, 0.2) is 0 Å². The third-order valence-corrected chi connectivity index (χ3v) is 5.95. The summed E-state index contributed by atoms with van der Waals surface area (Å²) >= 11 is 6.20. The van der Waals surface area contributed by atoms with Crippen LogP contribution in [-0.2, 0) is 20.9 Å². The van der Waals surface area contributed by atoms with Crippen molar-refractivity contribution in [3.8, 4) is 0 Å². The van der Waals surface area contributed by atoms with E-state index in [1.807, 2.05) is 51.1 Å². The molecule has 1 N–H and O–H groups in total. The number of hydrogen-bond donors (Lipinski definition) is 1. The molecule has 7 heteroatoms. The van der Waals surface area contributed by atoms with Gasteiger partial charge in [0.1, 0.15) is 0 Å². The average molecular weight is 442 g/mol. The number of nitrogens with zero attached hydrogens (tertiary/aromatic N) is 2. The van der Waals surface area contributed by atoms with E-state index in [4.69, 9.17) is 11.6 Å². The molecule has 0 aromatic heterocycles. The Morgan fingerprint density at radius 2 is 1.81 bits per heavy atom. The molecule has 2 aromatic carbocycles. The Bertz CT molecular complexity index is 998. The predicted octanol–water partition coefficient (Wildman–Crippen LogP) is 3.71. The van der Waals surface area contributed by atoms with Gasteiger partial charge in [-0.3, -0.25) is 14.4 Å². The first kappa shape index (κ1) is 22.8. The average Bonchev–Trinajstić information content (AvgIpc) is 3.06. The number of carbonyl (C=O) groups is 3. The summed E-state index contributed by atoms with van der Waals surface area (Å²) < 4.78 is 0. The smallest absolute Gasteiger partial charge is 0.243 e. The van der Waals surface area contributed by atoms with Crippen molar-refractivity contribution in [2.24, 2.45) is 5.92 Å². The molecule has 31 heavy (non-hydrogen) atoms. The fourth-order valence-corrected chi connectivity index (χ4v) is 4.28. The number of nitrogens with one attached hydrogen (secondary N) is 1. The molecule has 1 saturated heterocycles. The molecule has 1 heterocycles. The summed E-state index contributed by atoms with van der Waals surface area (Å²) in [5.74, 6) is -1.01. The molecule has 3 amide bonds. The van der Waals surface area contributed by atoms with Crippen molar-refractivity contribution in [2.75, 3.05) is 25.5 Å². The molecule has 1 fully saturated rings. The van der Waals surface area contributed by atoms with Crippen LogP contribution in [0.2, 0.25) is 5.02 Å². The van der Waals surface area contributed by atoms with Crippen molar-refractivity contribution in [1.82, 2.24) is 9.80 Å². The van der Waals surface area contributed by atoms with E-state index >= 15 is 0 Å². The van der Waals surface area contributed by atoms with Crippen LogP contribution >= 0.6 is 11.6 Å². The zero-order valence-corrected chi connectivity index (χ0v) is 19.1. The van der Waals surface area contributed by atoms with Gasteiger partial charge in [-0.05, 0) is 43.5 Å². The molecule has 0 aliphatic carbocycles. The number of anilines is 1. The zero-order valence-electron chi connectivity index (χ0n) is 18.4. The summed E-state index contributed by atoms with van der Waals surface area (Å²) in [6.07, 6.45) is 0.144. The molecule has 0 saturated carbocycles. The SMILES string of the molecule is Cc1cc(C)c(NC(=O)CN(C)C(=O)[C@H]2CC(=O)N(Cc3ccccc3Cl)C2)c(C)c1. The molecule has 164 valence electrons. The minimum atomic E-state index is -0.462. The summed E-state index contributed by atoms with van der Waals surface area (Å²) in [5.41, 5.74) is 4.72. The first-order valence-electron chi connectivity index (χ1n) is 10.3. The highest BCUT2D eigenvalue weighted by molar-refractivity contribution is 6.31. The second kappa shape index (κ2) is 9.52. The molecule has 3 rings (SSSR count). The number of likely N-dealkylation sites (N-methyl/N-ethyl adjacent to an activating group) is 1. The van der Waals surface area contributed by atoms with Gasteiger partial charge in [0.25, 0.3) is 0 Å². The molecular weight excluding hydrogens is 414 g/mol. The number of benzene rings is 2. The summed E-state index contributed by atoms with van der Waals surface area (Å²) in [6.45, 7) is 6.53. The van der Waals surface area contributed by atoms with Crippen LogP contribution in [0, 0.1) is 26.7 Å². The number of carbonyl (C=O) groups excluding carboxylic acids is 3. The largest absolute Gasteiger partial charge is 0.337 e. The van der Waals surface area contributed by atoms with Crippen molar-refractivity contribution in [2.45, 2.75) is 33.7 Å². The van der Waals surface area contributed by atoms with Crippen LogP contribution in [0.15, 0.2) is 36.4 Å². The quantitative estimate of drug-likeness (QED) is 0.742. The van der Waals surface area contributed by atoms with Gasteiger partial charge in [-0.1, -0.05) is 47.5 Å². The minimum Gasteiger partial charge on any atom is -0.337 e. The van der Waals surface area contributed by atoms with Crippen LogP contribution in [0.5, 0.6) is 0 Å². The monoisotopic (exact) mass is 441 g/mol. The fourth-order valence-electron chi connectivity index (χ4n) is 4.08. The predicted molar refractivity (Wildman–Crippen MR) is 122 cm³/mol. The van der Waals surface area contributed by atoms with E-state index in [9.17, 15) is 14.4 Å². The molecule has 0 spiro atoms. The zero-order chi connectivity index (χ0) is 22.7. The van der Waals surface area contributed by atoms with Gasteiger partial charge in [-0.25, -0.2) is 0 Å². The number of rotatable bonds is 6. The van der Waals surface area contributed by atoms with E-state index in [1.54, 1.807) is 18.0 Å². The van der Waals surface area contributed by atoms with Gasteiger partial charge in [0.05, 0.1) is 12.5 Å². The molecule has 0 radical (unpaired) electrons. The van der Waals surface area contributed by atoms with E-state index in [0.717, 1.165) is 27.9 Å². The van der Waals surface area contributed by atoms with Gasteiger partial charge in [-0.2, -0.15) is 0 Å². The molecule has 1 aliphatic rings. The summed E-state index contributed by atoms with van der Waals surface area (Å²) in [4.78, 5) is 40.9. The number of likely N-dealkylation sites (tertiary alicyclic amines) is 1. The second-order valence-corrected chi connectivity index (χ2v) is 8.69. The summed E-state index contributed by atoms with van der Waals surface area (Å²) in [5, 5.41) is 3.51. The number of hydrogen-bond acceptors (Lipinski definition) is 3. The molecule has 2 aromatic rings. The van der Waals surface area contributed by atoms with E-state index in [0.29, 0.717) is 18.1 Å². The lowest BCUT2D eigenvalue weighted by Crippen LogP contribution is -2.39. The van der Waals surface area contributed by atoms with Crippen LogP contribution in [0.4, 0.5) is 5.69 Å². The maximum absolute atomic E-state index is 12.9. The van der Waals surface area contributed by atoms with Crippen LogP contribution in [0.25, 0.3) is 0 Å². The number of aryl methyl sites for hydroxylation is 3. The fraction of sp³-hybridized carbons (Fsp3) is 0.375. The summed E-state index contributed by atoms with van der Waals surface area (Å²) in [7, 11) is 1.60. The Labute approximate surface area is 188 Å². The van der Waals surface area contributed by atoms with E-state index < -0.39 is 5.92 Å². The molecule has 6 nitrogen and oxygen atoms in total. The Morgan fingerprint density at radius 3 is 2.45 bits per heavy atom. The Kier molecular flexibility index (Phi) is 7.01. The Morgan fingerprint density at radius 1 is 1.16 bits per heavy atom. The molecular formula is C24H28ClN3O3. The molecule has 0 bridgehead atoms. The highest BCUT2D eigenvalue weighted by Crippen LogP contribution is 2.25. The van der Waals surface area contributed by atoms with E-state index in [2.05, 4.69) is 5.32 Å². The van der Waals surface area contributed by atoms with Crippen LogP contribution in [0.1, 0.15) is 28.7 Å². The minimum absolute atomic E-state index is 0.0687. The standard InChI is InChI=1S/C24H28ClN3O3/c1-15-9-16(2)23(17(3)10-15)26-21(29)14-27(4)24(31)19-11-22(30)28(13-19)12-18-7-5-6-8-20(18)25/h5-10,19H,11-14H2,1-4H3,(H,26,29)/t19-/m0/s1. The number of amides is 3. The van der Waals surface area contributed by atoms with Crippen LogP contribution in [0.3, 0.4) is 0 Å². The topological polar surface area (TPSA) is 69.7 Å². The van der Waals surface area contributed by atoms with Crippen molar-refractivity contribution >= 4 is 35.0 Å². The van der Waals surface area contributed by atoms with Gasteiger partial charge < -0.3 is 15.1 Å². The number of halogens is 1. The van der Waals surface area contributed by atoms with Crippen LogP contribution < -0.4 is 5.32 Å². The van der Waals surface area contributed by atoms with Crippen molar-refractivity contribution in [3.63, 3.8) is 0 Å². The molecule has 1 atom stereocenters. The maximum Gasteiger partial charge on any atom is 0.243 e. The third kappa shape index (κ3) is 5.44. The van der Waals surface area contributed by atoms with Crippen molar-refractivity contribution < 1.29 is 14.4 Å². The van der Waals surface area contributed by atoms with E-state index in [-0.39, 0.29) is 30.7 Å². The van der Waals surface area contributed by atoms with Crippen molar-refractivity contribution in [1.29, 1.82) is 0 Å². The lowest BCUT2D eigenvalue weighted by atomic mass is 10.0. The first-order chi connectivity index (χ1) is 14.7. The third-order valence-electron chi connectivity index (χ3n) is 5.58. The van der Waals surface area contributed by atoms with Gasteiger partial charge >= 0.3 is 0 Å². The second-order valence-electron chi connectivity index (χ2n) is 8.28. The first-order valence-corrected chi connectivity index (χ1v) is 10.7. The molecule has 0 unspecified atom stereocenters. The van der Waals surface area contributed by atoms with Gasteiger partial charge in [0, 0.05) is 37.3 Å². The highest BCUT2D eigenvalue weighted by Gasteiger charge is 2.36. The van der Waals surface area contributed by atoms with E-state index in [1.165, 1.54) is 4.90 Å². The lowest BCUT2D eigenvalue weighted by molar-refractivity contribution is -0.137.